The highest BCUT2D eigenvalue weighted by molar-refractivity contribution is 5.85. The van der Waals surface area contributed by atoms with E-state index < -0.39 is 42.4 Å². The van der Waals surface area contributed by atoms with E-state index >= 15 is 0 Å². The lowest BCUT2D eigenvalue weighted by molar-refractivity contribution is 0.132. The van der Waals surface area contributed by atoms with E-state index in [4.69, 9.17) is 12.0 Å². The standard InChI is InChI=1S/C11H17NO2.ClH/c1-9(12-7-8-13)11(14)10-5-3-2-4-6-10;/h2-6,9,11-14H,7-8H2,1H3;1H/i2D,3D,4D,5D,6D;. The Balaban J connectivity index is 0.00000361. The van der Waals surface area contributed by atoms with Crippen LogP contribution in [-0.4, -0.2) is 29.4 Å². The van der Waals surface area contributed by atoms with Gasteiger partial charge in [-0.2, -0.15) is 0 Å². The fraction of sp³-hybridized carbons (Fsp3) is 0.455. The van der Waals surface area contributed by atoms with Crippen LogP contribution in [0.15, 0.2) is 30.2 Å². The second-order valence-electron chi connectivity index (χ2n) is 2.95. The van der Waals surface area contributed by atoms with Gasteiger partial charge in [0.2, 0.25) is 0 Å². The largest absolute Gasteiger partial charge is 0.395 e. The van der Waals surface area contributed by atoms with Gasteiger partial charge in [0, 0.05) is 12.6 Å². The topological polar surface area (TPSA) is 52.5 Å². The number of rotatable bonds is 5. The summed E-state index contributed by atoms with van der Waals surface area (Å²) in [6, 6.07) is -2.78. The van der Waals surface area contributed by atoms with Gasteiger partial charge in [0.05, 0.1) is 19.6 Å². The third-order valence-corrected chi connectivity index (χ3v) is 1.87. The number of hydrogen-bond acceptors (Lipinski definition) is 3. The molecule has 2 unspecified atom stereocenters. The molecule has 0 aliphatic rings. The number of nitrogens with one attached hydrogen (secondary N) is 1. The lowest BCUT2D eigenvalue weighted by Crippen LogP contribution is -2.34. The number of hydrogen-bond donors (Lipinski definition) is 3. The first-order valence-corrected chi connectivity index (χ1v) is 4.42. The van der Waals surface area contributed by atoms with Crippen molar-refractivity contribution in [2.24, 2.45) is 0 Å². The van der Waals surface area contributed by atoms with E-state index in [2.05, 4.69) is 5.32 Å². The van der Waals surface area contributed by atoms with Gasteiger partial charge >= 0.3 is 0 Å². The minimum Gasteiger partial charge on any atom is -0.395 e. The predicted octanol–water partition coefficient (Wildman–Crippen LogP) is 1.11. The third kappa shape index (κ3) is 4.62. The van der Waals surface area contributed by atoms with Crippen LogP contribution < -0.4 is 5.32 Å². The molecule has 0 heterocycles. The average molecular weight is 237 g/mol. The van der Waals surface area contributed by atoms with E-state index in [9.17, 15) is 5.11 Å². The number of aliphatic hydroxyl groups is 2. The third-order valence-electron chi connectivity index (χ3n) is 1.87. The maximum absolute atomic E-state index is 10.1. The molecule has 1 rings (SSSR count). The summed E-state index contributed by atoms with van der Waals surface area (Å²) in [6.45, 7) is 1.75. The van der Waals surface area contributed by atoms with Crippen LogP contribution in [0.3, 0.4) is 0 Å². The smallest absolute Gasteiger partial charge is 0.0940 e. The van der Waals surface area contributed by atoms with Gasteiger partial charge in [-0.25, -0.2) is 0 Å². The molecular weight excluding hydrogens is 214 g/mol. The highest BCUT2D eigenvalue weighted by Gasteiger charge is 2.14. The van der Waals surface area contributed by atoms with E-state index in [-0.39, 0.29) is 31.1 Å². The van der Waals surface area contributed by atoms with Crippen molar-refractivity contribution < 1.29 is 17.1 Å². The first-order valence-electron chi connectivity index (χ1n) is 6.92. The SMILES string of the molecule is Cl.[2H]c1c([2H])c([2H])c(C(O)C(C)NCCO)c([2H])c1[2H]. The molecule has 0 aliphatic heterocycles. The summed E-state index contributed by atoms with van der Waals surface area (Å²) in [4.78, 5) is 0. The van der Waals surface area contributed by atoms with Crippen molar-refractivity contribution in [3.05, 3.63) is 35.8 Å². The monoisotopic (exact) mass is 236 g/mol. The van der Waals surface area contributed by atoms with Gasteiger partial charge in [0.15, 0.2) is 0 Å². The van der Waals surface area contributed by atoms with Gasteiger partial charge in [-0.3, -0.25) is 0 Å². The maximum Gasteiger partial charge on any atom is 0.0940 e. The molecule has 0 saturated heterocycles. The van der Waals surface area contributed by atoms with Crippen LogP contribution in [0.1, 0.15) is 25.4 Å². The zero-order valence-corrected chi connectivity index (χ0v) is 9.19. The summed E-state index contributed by atoms with van der Waals surface area (Å²) in [5.74, 6) is 0. The van der Waals surface area contributed by atoms with Crippen LogP contribution in [0, 0.1) is 0 Å². The Labute approximate surface area is 104 Å². The molecule has 1 aromatic carbocycles. The minimum absolute atomic E-state index is 0. The van der Waals surface area contributed by atoms with Gasteiger partial charge in [0.1, 0.15) is 0 Å². The predicted molar refractivity (Wildman–Crippen MR) is 63.2 cm³/mol. The van der Waals surface area contributed by atoms with E-state index in [1.807, 2.05) is 0 Å². The van der Waals surface area contributed by atoms with Crippen LogP contribution in [0.4, 0.5) is 0 Å². The summed E-state index contributed by atoms with van der Waals surface area (Å²) in [6.07, 6.45) is -1.25. The Hall–Kier alpha value is -0.610. The molecule has 0 saturated carbocycles. The molecule has 0 aromatic heterocycles. The number of aliphatic hydroxyl groups excluding tert-OH is 2. The highest BCUT2D eigenvalue weighted by Crippen LogP contribution is 2.15. The Morgan fingerprint density at radius 1 is 1.40 bits per heavy atom. The van der Waals surface area contributed by atoms with Crippen molar-refractivity contribution in [2.45, 2.75) is 19.1 Å². The molecule has 0 fully saturated rings. The van der Waals surface area contributed by atoms with Crippen molar-refractivity contribution >= 4 is 12.4 Å². The molecule has 4 heteroatoms. The van der Waals surface area contributed by atoms with E-state index in [1.165, 1.54) is 0 Å². The van der Waals surface area contributed by atoms with Crippen LogP contribution in [0.5, 0.6) is 0 Å². The van der Waals surface area contributed by atoms with Crippen LogP contribution in [-0.2, 0) is 0 Å². The second kappa shape index (κ2) is 7.65. The normalized spacial score (nSPS) is 18.7. The lowest BCUT2D eigenvalue weighted by Gasteiger charge is -2.20. The molecule has 1 aromatic rings. The van der Waals surface area contributed by atoms with E-state index in [1.54, 1.807) is 6.92 Å². The average Bonchev–Trinajstić information content (AvgIpc) is 2.40. The number of halogens is 1. The fourth-order valence-electron chi connectivity index (χ4n) is 1.06. The molecule has 2 atom stereocenters. The van der Waals surface area contributed by atoms with Crippen LogP contribution in [0.25, 0.3) is 0 Å². The first-order chi connectivity index (χ1) is 8.82. The molecule has 15 heavy (non-hydrogen) atoms. The summed E-state index contributed by atoms with van der Waals surface area (Å²) in [7, 11) is 0. The molecule has 3 N–H and O–H groups in total. The molecule has 0 bridgehead atoms. The molecular formula is C11H18ClNO2. The van der Waals surface area contributed by atoms with Gasteiger partial charge in [-0.1, -0.05) is 30.2 Å². The minimum atomic E-state index is -1.25. The van der Waals surface area contributed by atoms with Gasteiger partial charge in [-0.15, -0.1) is 12.4 Å². The Morgan fingerprint density at radius 3 is 2.53 bits per heavy atom. The Kier molecular flexibility index (Phi) is 3.89. The molecule has 86 valence electrons. The molecule has 0 amide bonds. The molecule has 0 spiro atoms. The van der Waals surface area contributed by atoms with Crippen molar-refractivity contribution in [1.82, 2.24) is 5.32 Å². The lowest BCUT2D eigenvalue weighted by atomic mass is 10.0. The van der Waals surface area contributed by atoms with Crippen molar-refractivity contribution in [1.29, 1.82) is 0 Å². The van der Waals surface area contributed by atoms with Crippen molar-refractivity contribution in [2.75, 3.05) is 13.2 Å². The first kappa shape index (κ1) is 7.63. The summed E-state index contributed by atoms with van der Waals surface area (Å²) in [5.41, 5.74) is -0.135. The van der Waals surface area contributed by atoms with Gasteiger partial charge in [-0.05, 0) is 12.5 Å². The quantitative estimate of drug-likeness (QED) is 0.718. The Morgan fingerprint density at radius 2 is 2.00 bits per heavy atom. The van der Waals surface area contributed by atoms with E-state index in [0.717, 1.165) is 0 Å². The molecule has 0 aliphatic carbocycles. The molecule has 0 radical (unpaired) electrons. The second-order valence-corrected chi connectivity index (χ2v) is 2.95. The van der Waals surface area contributed by atoms with Gasteiger partial charge < -0.3 is 15.5 Å². The van der Waals surface area contributed by atoms with Gasteiger partial charge in [0.25, 0.3) is 0 Å². The van der Waals surface area contributed by atoms with Crippen LogP contribution in [0.2, 0.25) is 0 Å². The molecule has 3 nitrogen and oxygen atoms in total. The van der Waals surface area contributed by atoms with Crippen molar-refractivity contribution in [3.63, 3.8) is 0 Å². The summed E-state index contributed by atoms with van der Waals surface area (Å²) in [5, 5.41) is 21.6. The van der Waals surface area contributed by atoms with E-state index in [0.29, 0.717) is 0 Å². The highest BCUT2D eigenvalue weighted by atomic mass is 35.5. The zero-order chi connectivity index (χ0) is 14.7. The zero-order valence-electron chi connectivity index (χ0n) is 13.4. The fourth-order valence-corrected chi connectivity index (χ4v) is 1.06. The summed E-state index contributed by atoms with van der Waals surface area (Å²) < 4.78 is 38.0. The van der Waals surface area contributed by atoms with Crippen LogP contribution >= 0.6 is 12.4 Å². The summed E-state index contributed by atoms with van der Waals surface area (Å²) >= 11 is 0. The Bertz CT molecular complexity index is 446. The maximum atomic E-state index is 10.1. The van der Waals surface area contributed by atoms with Crippen molar-refractivity contribution in [3.8, 4) is 0 Å². The number of benzene rings is 1.